The Bertz CT molecular complexity index is 895. The van der Waals surface area contributed by atoms with Crippen LogP contribution in [0.2, 0.25) is 5.02 Å². The van der Waals surface area contributed by atoms with Crippen LogP contribution >= 0.6 is 11.6 Å². The molecule has 0 bridgehead atoms. The monoisotopic (exact) mass is 400 g/mol. The maximum atomic E-state index is 12.8. The van der Waals surface area contributed by atoms with Crippen LogP contribution in [-0.4, -0.2) is 24.9 Å². The first-order chi connectivity index (χ1) is 13.5. The third kappa shape index (κ3) is 5.10. The van der Waals surface area contributed by atoms with Crippen LogP contribution in [0.1, 0.15) is 41.2 Å². The van der Waals surface area contributed by atoms with Crippen molar-refractivity contribution in [2.45, 2.75) is 25.3 Å². The Hall–Kier alpha value is -2.86. The molecular weight excluding hydrogens is 380 g/mol. The quantitative estimate of drug-likeness (QED) is 0.693. The lowest BCUT2D eigenvalue weighted by Crippen LogP contribution is -2.30. The summed E-state index contributed by atoms with van der Waals surface area (Å²) in [7, 11) is 1.29. The predicted molar refractivity (Wildman–Crippen MR) is 106 cm³/mol. The van der Waals surface area contributed by atoms with Crippen molar-refractivity contribution >= 4 is 35.1 Å². The van der Waals surface area contributed by atoms with E-state index in [0.29, 0.717) is 21.8 Å². The number of amides is 2. The van der Waals surface area contributed by atoms with Gasteiger partial charge in [0.05, 0.1) is 19.6 Å². The number of esters is 1. The number of carbonyl (C=O) groups is 3. The summed E-state index contributed by atoms with van der Waals surface area (Å²) >= 11 is 6.24. The highest BCUT2D eigenvalue weighted by molar-refractivity contribution is 6.31. The fourth-order valence-corrected chi connectivity index (χ4v) is 3.08. The maximum absolute atomic E-state index is 12.8. The molecule has 0 saturated heterocycles. The van der Waals surface area contributed by atoms with Gasteiger partial charge in [-0.05, 0) is 42.7 Å². The number of hydrogen-bond acceptors (Lipinski definition) is 4. The third-order valence-electron chi connectivity index (χ3n) is 4.52. The van der Waals surface area contributed by atoms with Crippen LogP contribution in [0.15, 0.2) is 48.5 Å². The van der Waals surface area contributed by atoms with Crippen LogP contribution in [0, 0.1) is 5.92 Å². The first kappa shape index (κ1) is 19.9. The minimum atomic E-state index is -0.640. The van der Waals surface area contributed by atoms with Gasteiger partial charge in [0.2, 0.25) is 5.91 Å². The molecule has 2 aromatic carbocycles. The summed E-state index contributed by atoms with van der Waals surface area (Å²) in [6.45, 7) is 0. The molecule has 2 amide bonds. The average Bonchev–Trinajstić information content (AvgIpc) is 3.53. The molecule has 0 heterocycles. The van der Waals surface area contributed by atoms with E-state index in [1.807, 2.05) is 0 Å². The topological polar surface area (TPSA) is 84.5 Å². The number of ether oxygens (including phenoxy) is 1. The number of nitrogens with one attached hydrogen (secondary N) is 2. The second-order valence-electron chi connectivity index (χ2n) is 6.67. The maximum Gasteiger partial charge on any atom is 0.307 e. The fraction of sp³-hybridized carbons (Fsp3) is 0.286. The Morgan fingerprint density at radius 1 is 1.14 bits per heavy atom. The molecule has 146 valence electrons. The average molecular weight is 401 g/mol. The number of anilines is 1. The van der Waals surface area contributed by atoms with E-state index in [1.54, 1.807) is 48.5 Å². The minimum absolute atomic E-state index is 0.0304. The molecule has 28 heavy (non-hydrogen) atoms. The van der Waals surface area contributed by atoms with E-state index in [1.165, 1.54) is 7.11 Å². The van der Waals surface area contributed by atoms with Gasteiger partial charge in [-0.2, -0.15) is 0 Å². The van der Waals surface area contributed by atoms with E-state index in [-0.39, 0.29) is 24.2 Å². The van der Waals surface area contributed by atoms with Crippen molar-refractivity contribution in [1.82, 2.24) is 5.32 Å². The number of halogens is 1. The highest BCUT2D eigenvalue weighted by Gasteiger charge is 2.29. The Morgan fingerprint density at radius 2 is 1.89 bits per heavy atom. The SMILES string of the molecule is COC(=O)CC(NC(=O)c1cccc(NC(=O)C2CC2)c1)c1ccccc1Cl. The Balaban J connectivity index is 1.76. The zero-order chi connectivity index (χ0) is 20.1. The molecular formula is C21H21ClN2O4. The molecule has 0 aromatic heterocycles. The van der Waals surface area contributed by atoms with Crippen LogP contribution in [-0.2, 0) is 14.3 Å². The lowest BCUT2D eigenvalue weighted by Gasteiger charge is -2.19. The first-order valence-electron chi connectivity index (χ1n) is 9.01. The number of carbonyl (C=O) groups excluding carboxylic acids is 3. The zero-order valence-corrected chi connectivity index (χ0v) is 16.2. The fourth-order valence-electron chi connectivity index (χ4n) is 2.82. The Kier molecular flexibility index (Phi) is 6.31. The van der Waals surface area contributed by atoms with E-state index in [4.69, 9.17) is 16.3 Å². The minimum Gasteiger partial charge on any atom is -0.469 e. The van der Waals surface area contributed by atoms with Crippen LogP contribution in [0.4, 0.5) is 5.69 Å². The molecule has 0 spiro atoms. The van der Waals surface area contributed by atoms with Crippen molar-refractivity contribution in [2.75, 3.05) is 12.4 Å². The molecule has 1 atom stereocenters. The molecule has 1 unspecified atom stereocenters. The van der Waals surface area contributed by atoms with Gasteiger partial charge in [0, 0.05) is 22.2 Å². The van der Waals surface area contributed by atoms with Gasteiger partial charge in [0.1, 0.15) is 0 Å². The van der Waals surface area contributed by atoms with Crippen LogP contribution in [0.5, 0.6) is 0 Å². The standard InChI is InChI=1S/C21H21ClN2O4/c1-28-19(25)12-18(16-7-2-3-8-17(16)22)24-21(27)14-5-4-6-15(11-14)23-20(26)13-9-10-13/h2-8,11,13,18H,9-10,12H2,1H3,(H,23,26)(H,24,27). The van der Waals surface area contributed by atoms with Gasteiger partial charge >= 0.3 is 5.97 Å². The van der Waals surface area contributed by atoms with Gasteiger partial charge in [-0.1, -0.05) is 35.9 Å². The summed E-state index contributed by atoms with van der Waals surface area (Å²) in [5, 5.41) is 6.10. The summed E-state index contributed by atoms with van der Waals surface area (Å²) in [5.41, 5.74) is 1.56. The van der Waals surface area contributed by atoms with E-state index < -0.39 is 12.0 Å². The van der Waals surface area contributed by atoms with E-state index in [2.05, 4.69) is 10.6 Å². The number of hydrogen-bond donors (Lipinski definition) is 2. The molecule has 7 heteroatoms. The second-order valence-corrected chi connectivity index (χ2v) is 7.08. The largest absolute Gasteiger partial charge is 0.469 e. The van der Waals surface area contributed by atoms with Crippen molar-refractivity contribution in [2.24, 2.45) is 5.92 Å². The molecule has 2 N–H and O–H groups in total. The molecule has 3 rings (SSSR count). The van der Waals surface area contributed by atoms with Crippen molar-refractivity contribution in [3.63, 3.8) is 0 Å². The highest BCUT2D eigenvalue weighted by Crippen LogP contribution is 2.30. The first-order valence-corrected chi connectivity index (χ1v) is 9.38. The van der Waals surface area contributed by atoms with Crippen LogP contribution < -0.4 is 10.6 Å². The Morgan fingerprint density at radius 3 is 2.57 bits per heavy atom. The molecule has 0 radical (unpaired) electrons. The normalized spacial score (nSPS) is 14.1. The number of rotatable bonds is 7. The number of benzene rings is 2. The van der Waals surface area contributed by atoms with Crippen LogP contribution in [0.3, 0.4) is 0 Å². The van der Waals surface area contributed by atoms with E-state index in [9.17, 15) is 14.4 Å². The smallest absolute Gasteiger partial charge is 0.307 e. The van der Waals surface area contributed by atoms with Gasteiger partial charge < -0.3 is 15.4 Å². The van der Waals surface area contributed by atoms with Gasteiger partial charge in [0.15, 0.2) is 0 Å². The molecule has 0 aliphatic heterocycles. The van der Waals surface area contributed by atoms with Gasteiger partial charge in [-0.15, -0.1) is 0 Å². The Labute approximate surface area is 168 Å². The van der Waals surface area contributed by atoms with Gasteiger partial charge in [-0.3, -0.25) is 14.4 Å². The molecule has 1 aliphatic rings. The van der Waals surface area contributed by atoms with Crippen LogP contribution in [0.25, 0.3) is 0 Å². The summed E-state index contributed by atoms with van der Waals surface area (Å²) in [6.07, 6.45) is 1.75. The van der Waals surface area contributed by atoms with E-state index in [0.717, 1.165) is 12.8 Å². The lowest BCUT2D eigenvalue weighted by atomic mass is 10.0. The van der Waals surface area contributed by atoms with Crippen molar-refractivity contribution in [3.8, 4) is 0 Å². The predicted octanol–water partition coefficient (Wildman–Crippen LogP) is 3.72. The molecule has 1 fully saturated rings. The molecule has 1 aliphatic carbocycles. The zero-order valence-electron chi connectivity index (χ0n) is 15.4. The lowest BCUT2D eigenvalue weighted by molar-refractivity contribution is -0.141. The summed E-state index contributed by atoms with van der Waals surface area (Å²) in [6, 6.07) is 13.0. The highest BCUT2D eigenvalue weighted by atomic mass is 35.5. The van der Waals surface area contributed by atoms with E-state index >= 15 is 0 Å². The number of methoxy groups -OCH3 is 1. The third-order valence-corrected chi connectivity index (χ3v) is 4.87. The summed E-state index contributed by atoms with van der Waals surface area (Å²) < 4.78 is 4.74. The van der Waals surface area contributed by atoms with Crippen molar-refractivity contribution in [1.29, 1.82) is 0 Å². The van der Waals surface area contributed by atoms with Crippen molar-refractivity contribution in [3.05, 3.63) is 64.7 Å². The summed E-state index contributed by atoms with van der Waals surface area (Å²) in [4.78, 5) is 36.5. The van der Waals surface area contributed by atoms with Crippen molar-refractivity contribution < 1.29 is 19.1 Å². The van der Waals surface area contributed by atoms with Gasteiger partial charge in [0.25, 0.3) is 5.91 Å². The molecule has 1 saturated carbocycles. The second kappa shape index (κ2) is 8.89. The molecule has 6 nitrogen and oxygen atoms in total. The summed E-state index contributed by atoms with van der Waals surface area (Å²) in [5.74, 6) is -0.800. The molecule has 2 aromatic rings. The van der Waals surface area contributed by atoms with Gasteiger partial charge in [-0.25, -0.2) is 0 Å².